The van der Waals surface area contributed by atoms with Gasteiger partial charge in [0.05, 0.1) is 0 Å². The van der Waals surface area contributed by atoms with Crippen LogP contribution in [0.1, 0.15) is 38.5 Å². The minimum Gasteiger partial charge on any atom is -0.0845 e. The van der Waals surface area contributed by atoms with Crippen LogP contribution in [-0.2, 0) is 16.5 Å². The van der Waals surface area contributed by atoms with E-state index in [1.807, 2.05) is 0 Å². The van der Waals surface area contributed by atoms with Gasteiger partial charge in [0.25, 0.3) is 0 Å². The third kappa shape index (κ3) is 8.05. The zero-order valence-corrected chi connectivity index (χ0v) is 9.01. The van der Waals surface area contributed by atoms with E-state index in [1.165, 1.54) is 38.5 Å². The Hall–Kier alpha value is -0.286. The van der Waals surface area contributed by atoms with Crippen LogP contribution in [0.2, 0.25) is 0 Å². The summed E-state index contributed by atoms with van der Waals surface area (Å²) in [7, 11) is 0. The summed E-state index contributed by atoms with van der Waals surface area (Å²) in [6.07, 6.45) is 21.0. The smallest absolute Gasteiger partial charge is 0 e. The van der Waals surface area contributed by atoms with Gasteiger partial charge < -0.3 is 0 Å². The van der Waals surface area contributed by atoms with Crippen LogP contribution in [-0.4, -0.2) is 0 Å². The summed E-state index contributed by atoms with van der Waals surface area (Å²) < 4.78 is 0. The van der Waals surface area contributed by atoms with Crippen molar-refractivity contribution in [3.8, 4) is 0 Å². The zero-order valence-electron chi connectivity index (χ0n) is 8.02. The molecule has 0 saturated carbocycles. The average Bonchev–Trinajstić information content (AvgIpc) is 2.05. The van der Waals surface area contributed by atoms with Gasteiger partial charge >= 0.3 is 0 Å². The molecule has 13 heavy (non-hydrogen) atoms. The Kier molecular flexibility index (Phi) is 9.58. The second kappa shape index (κ2) is 9.80. The largest absolute Gasteiger partial charge is 0.0845 e. The predicted octanol–water partition coefficient (Wildman–Crippen LogP) is 4.01. The normalized spacial score (nSPS) is 20.9. The molecule has 0 unspecified atom stereocenters. The van der Waals surface area contributed by atoms with Crippen molar-refractivity contribution in [2.75, 3.05) is 0 Å². The molecule has 0 saturated heterocycles. The maximum atomic E-state index is 2.26. The molecule has 1 rings (SSSR count). The Bertz CT molecular complexity index is 158. The quantitative estimate of drug-likeness (QED) is 0.542. The number of hydrogen-bond acceptors (Lipinski definition) is 0. The monoisotopic (exact) mass is 220 g/mol. The summed E-state index contributed by atoms with van der Waals surface area (Å²) in [5.74, 6) is 0. The summed E-state index contributed by atoms with van der Waals surface area (Å²) in [6.45, 7) is 0. The van der Waals surface area contributed by atoms with Gasteiger partial charge in [-0.15, -0.1) is 0 Å². The fraction of sp³-hybridized carbons (Fsp3) is 0.500. The predicted molar refractivity (Wildman–Crippen MR) is 55.1 cm³/mol. The van der Waals surface area contributed by atoms with E-state index in [1.54, 1.807) is 0 Å². The molecule has 0 aromatic carbocycles. The van der Waals surface area contributed by atoms with Gasteiger partial charge in [-0.25, -0.2) is 0 Å². The van der Waals surface area contributed by atoms with Gasteiger partial charge in [0.1, 0.15) is 0 Å². The first kappa shape index (κ1) is 12.7. The topological polar surface area (TPSA) is 0 Å². The molecule has 0 radical (unpaired) electrons. The van der Waals surface area contributed by atoms with Crippen molar-refractivity contribution in [3.63, 3.8) is 0 Å². The van der Waals surface area contributed by atoms with Crippen molar-refractivity contribution < 1.29 is 16.5 Å². The van der Waals surface area contributed by atoms with Crippen LogP contribution in [0, 0.1) is 0 Å². The molecule has 1 aliphatic carbocycles. The van der Waals surface area contributed by atoms with Crippen LogP contribution in [0.5, 0.6) is 0 Å². The van der Waals surface area contributed by atoms with E-state index in [0.717, 1.165) is 0 Å². The minimum atomic E-state index is 0. The van der Waals surface area contributed by atoms with Crippen LogP contribution in [0.15, 0.2) is 36.5 Å². The van der Waals surface area contributed by atoms with E-state index in [4.69, 9.17) is 0 Å². The van der Waals surface area contributed by atoms with Crippen molar-refractivity contribution in [2.24, 2.45) is 0 Å². The molecule has 76 valence electrons. The van der Waals surface area contributed by atoms with E-state index in [-0.39, 0.29) is 16.5 Å². The Morgan fingerprint density at radius 2 is 1.00 bits per heavy atom. The maximum absolute atomic E-state index is 2.26. The molecular weight excluding hydrogens is 203 g/mol. The van der Waals surface area contributed by atoms with Gasteiger partial charge in [-0.05, 0) is 25.7 Å². The molecule has 0 heterocycles. The molecule has 0 atom stereocenters. The molecule has 0 N–H and O–H groups in total. The zero-order chi connectivity index (χ0) is 8.49. The maximum Gasteiger partial charge on any atom is 0 e. The summed E-state index contributed by atoms with van der Waals surface area (Å²) >= 11 is 0. The Labute approximate surface area is 91.7 Å². The number of rotatable bonds is 0. The average molecular weight is 221 g/mol. The van der Waals surface area contributed by atoms with Gasteiger partial charge in [0, 0.05) is 16.5 Å². The molecule has 1 heteroatoms. The Morgan fingerprint density at radius 3 is 1.46 bits per heavy atom. The standard InChI is InChI=1S/C12H18.Ni/c1-2-4-6-8-10-12-11-9-7-5-3-1;/h1-6H,7-12H2;/b2-1?,5-3+,6-4?;. The van der Waals surface area contributed by atoms with Gasteiger partial charge in [-0.3, -0.25) is 0 Å². The van der Waals surface area contributed by atoms with E-state index in [9.17, 15) is 0 Å². The van der Waals surface area contributed by atoms with Crippen LogP contribution in [0.4, 0.5) is 0 Å². The van der Waals surface area contributed by atoms with Gasteiger partial charge in [0.15, 0.2) is 0 Å². The van der Waals surface area contributed by atoms with Gasteiger partial charge in [-0.1, -0.05) is 49.3 Å². The second-order valence-corrected chi connectivity index (χ2v) is 3.23. The second-order valence-electron chi connectivity index (χ2n) is 3.23. The molecule has 0 aromatic rings. The molecule has 1 aliphatic rings. The third-order valence-electron chi connectivity index (χ3n) is 2.10. The van der Waals surface area contributed by atoms with E-state index < -0.39 is 0 Å². The van der Waals surface area contributed by atoms with Crippen LogP contribution in [0.3, 0.4) is 0 Å². The van der Waals surface area contributed by atoms with Crippen LogP contribution >= 0.6 is 0 Å². The van der Waals surface area contributed by atoms with Crippen molar-refractivity contribution in [1.82, 2.24) is 0 Å². The van der Waals surface area contributed by atoms with Crippen molar-refractivity contribution in [3.05, 3.63) is 36.5 Å². The Morgan fingerprint density at radius 1 is 0.538 bits per heavy atom. The van der Waals surface area contributed by atoms with Crippen LogP contribution < -0.4 is 0 Å². The number of allylic oxidation sites excluding steroid dienone is 6. The Balaban J connectivity index is 0.00000144. The summed E-state index contributed by atoms with van der Waals surface area (Å²) in [5, 5.41) is 0. The first-order chi connectivity index (χ1) is 6.00. The summed E-state index contributed by atoms with van der Waals surface area (Å²) in [4.78, 5) is 0. The number of hydrogen-bond donors (Lipinski definition) is 0. The third-order valence-corrected chi connectivity index (χ3v) is 2.10. The van der Waals surface area contributed by atoms with Crippen LogP contribution in [0.25, 0.3) is 0 Å². The van der Waals surface area contributed by atoms with Gasteiger partial charge in [0.2, 0.25) is 0 Å². The first-order valence-corrected chi connectivity index (χ1v) is 4.98. The fourth-order valence-corrected chi connectivity index (χ4v) is 1.36. The van der Waals surface area contributed by atoms with Crippen molar-refractivity contribution in [2.45, 2.75) is 38.5 Å². The molecule has 0 spiro atoms. The molecule has 0 aromatic heterocycles. The SMILES string of the molecule is C1=C/C=C/CCCCCCC=C1.[Ni]. The fourth-order valence-electron chi connectivity index (χ4n) is 1.36. The molecule has 0 fully saturated rings. The molecule has 0 bridgehead atoms. The summed E-state index contributed by atoms with van der Waals surface area (Å²) in [5.41, 5.74) is 0. The molecule has 0 nitrogen and oxygen atoms in total. The molecule has 0 amide bonds. The summed E-state index contributed by atoms with van der Waals surface area (Å²) in [6, 6.07) is 0. The minimum absolute atomic E-state index is 0. The van der Waals surface area contributed by atoms with Crippen molar-refractivity contribution in [1.29, 1.82) is 0 Å². The first-order valence-electron chi connectivity index (χ1n) is 4.98. The van der Waals surface area contributed by atoms with E-state index in [2.05, 4.69) is 36.5 Å². The van der Waals surface area contributed by atoms with Gasteiger partial charge in [-0.2, -0.15) is 0 Å². The molecule has 0 aliphatic heterocycles. The van der Waals surface area contributed by atoms with E-state index in [0.29, 0.717) is 0 Å². The van der Waals surface area contributed by atoms with Crippen molar-refractivity contribution >= 4 is 0 Å². The van der Waals surface area contributed by atoms with E-state index >= 15 is 0 Å². The molecular formula is C12H18Ni.